The van der Waals surface area contributed by atoms with Crippen molar-refractivity contribution in [1.82, 2.24) is 0 Å². The van der Waals surface area contributed by atoms with Crippen molar-refractivity contribution in [2.45, 2.75) is 20.0 Å². The minimum Gasteiger partial charge on any atom is -1.00 e. The molecule has 0 unspecified atom stereocenters. The van der Waals surface area contributed by atoms with Crippen LogP contribution in [-0.2, 0) is 19.5 Å². The minimum absolute atomic E-state index is 0. The molecule has 14 heavy (non-hydrogen) atoms. The van der Waals surface area contributed by atoms with E-state index in [4.69, 9.17) is 5.53 Å². The maximum Gasteiger partial charge on any atom is 2.00 e. The Kier molecular flexibility index (Phi) is 11.7. The van der Waals surface area contributed by atoms with E-state index in [2.05, 4.69) is 4.79 Å². The van der Waals surface area contributed by atoms with Crippen molar-refractivity contribution in [3.05, 3.63) is 28.8 Å². The minimum atomic E-state index is -0.513. The molecule has 0 saturated heterocycles. The van der Waals surface area contributed by atoms with Gasteiger partial charge in [-0.05, 0) is 25.0 Å². The van der Waals surface area contributed by atoms with E-state index in [1.165, 1.54) is 0 Å². The summed E-state index contributed by atoms with van der Waals surface area (Å²) in [6.07, 6.45) is 2.79. The first kappa shape index (κ1) is 19.6. The summed E-state index contributed by atoms with van der Waals surface area (Å²) in [6.45, 7) is 3.60. The Hall–Kier alpha value is 0.0234. The van der Waals surface area contributed by atoms with Crippen molar-refractivity contribution < 1.29 is 54.2 Å². The molecule has 74 valence electrons. The molecular weight excluding hydrogens is 276 g/mol. The van der Waals surface area contributed by atoms with Gasteiger partial charge in [0.2, 0.25) is 0 Å². The van der Waals surface area contributed by atoms with Crippen LogP contribution in [0.25, 0.3) is 5.53 Å². The molecule has 1 N–H and O–H groups in total. The van der Waals surface area contributed by atoms with Crippen LogP contribution in [0.1, 0.15) is 13.8 Å². The van der Waals surface area contributed by atoms with Crippen LogP contribution in [-0.4, -0.2) is 21.7 Å². The van der Waals surface area contributed by atoms with Crippen molar-refractivity contribution >= 4 is 5.71 Å². The SMILES string of the molecule is CC1=CC(=[N+]=[N-])C=C(C)C1O.[Cl-].[Cl-].[Zn+2]. The Morgan fingerprint density at radius 2 is 1.57 bits per heavy atom. The third kappa shape index (κ3) is 4.50. The van der Waals surface area contributed by atoms with Gasteiger partial charge >= 0.3 is 25.2 Å². The van der Waals surface area contributed by atoms with Crippen LogP contribution in [0.15, 0.2) is 23.3 Å². The second kappa shape index (κ2) is 8.34. The van der Waals surface area contributed by atoms with Gasteiger partial charge in [0.1, 0.15) is 0 Å². The van der Waals surface area contributed by atoms with Crippen LogP contribution < -0.4 is 24.8 Å². The molecule has 1 aliphatic carbocycles. The van der Waals surface area contributed by atoms with Gasteiger partial charge in [0, 0.05) is 12.2 Å². The fraction of sp³-hybridized carbons (Fsp3) is 0.375. The van der Waals surface area contributed by atoms with Gasteiger partial charge in [-0.1, -0.05) is 0 Å². The molecule has 0 bridgehead atoms. The Balaban J connectivity index is -0.000000403. The first-order valence-electron chi connectivity index (χ1n) is 3.41. The van der Waals surface area contributed by atoms with Crippen LogP contribution in [0, 0.1) is 0 Å². The first-order valence-corrected chi connectivity index (χ1v) is 3.41. The van der Waals surface area contributed by atoms with Crippen LogP contribution in [0.5, 0.6) is 0 Å². The number of hydrogen-bond donors (Lipinski definition) is 1. The zero-order valence-corrected chi connectivity index (χ0v) is 12.5. The van der Waals surface area contributed by atoms with Gasteiger partial charge in [-0.25, -0.2) is 0 Å². The number of rotatable bonds is 0. The third-order valence-corrected chi connectivity index (χ3v) is 1.73. The Bertz CT molecular complexity index is 274. The topological polar surface area (TPSA) is 56.6 Å². The maximum absolute atomic E-state index is 9.39. The Labute approximate surface area is 108 Å². The number of hydrogen-bond acceptors (Lipinski definition) is 1. The summed E-state index contributed by atoms with van der Waals surface area (Å²) in [5.74, 6) is 0. The van der Waals surface area contributed by atoms with Crippen molar-refractivity contribution in [2.24, 2.45) is 0 Å². The molecule has 0 aromatic heterocycles. The average molecular weight is 286 g/mol. The number of nitrogens with zero attached hydrogens (tertiary/aromatic N) is 2. The normalized spacial score (nSPS) is 18.8. The largest absolute Gasteiger partial charge is 2.00 e. The molecule has 0 amide bonds. The smallest absolute Gasteiger partial charge is 1.00 e. The number of halogens is 2. The Morgan fingerprint density at radius 1 is 1.21 bits per heavy atom. The van der Waals surface area contributed by atoms with E-state index in [-0.39, 0.29) is 44.3 Å². The molecule has 6 heteroatoms. The van der Waals surface area contributed by atoms with Crippen molar-refractivity contribution in [3.8, 4) is 0 Å². The van der Waals surface area contributed by atoms with Crippen LogP contribution in [0.2, 0.25) is 0 Å². The molecule has 0 fully saturated rings. The predicted molar refractivity (Wildman–Crippen MR) is 42.1 cm³/mol. The molecule has 0 spiro atoms. The molecule has 0 heterocycles. The van der Waals surface area contributed by atoms with Gasteiger partial charge in [0.05, 0.1) is 6.10 Å². The van der Waals surface area contributed by atoms with Crippen molar-refractivity contribution in [1.29, 1.82) is 0 Å². The van der Waals surface area contributed by atoms with Gasteiger partial charge in [-0.15, -0.1) is 0 Å². The first-order chi connectivity index (χ1) is 5.15. The zero-order chi connectivity index (χ0) is 8.43. The quantitative estimate of drug-likeness (QED) is 0.270. The summed E-state index contributed by atoms with van der Waals surface area (Å²) in [5.41, 5.74) is 10.5. The molecule has 1 aliphatic rings. The number of aliphatic hydroxyl groups is 1. The summed E-state index contributed by atoms with van der Waals surface area (Å²) in [6, 6.07) is 0. The third-order valence-electron chi connectivity index (χ3n) is 1.73. The van der Waals surface area contributed by atoms with Crippen LogP contribution in [0.3, 0.4) is 0 Å². The zero-order valence-electron chi connectivity index (χ0n) is 8.04. The standard InChI is InChI=1S/C8H10N2O.2ClH.Zn/c1-5-3-7(10-9)4-6(2)8(5)11;;;/h3-4,8,11H,1-2H3;2*1H;/q;;;+2/p-2. The van der Waals surface area contributed by atoms with E-state index in [0.717, 1.165) is 11.1 Å². The van der Waals surface area contributed by atoms with Crippen molar-refractivity contribution in [3.63, 3.8) is 0 Å². The molecule has 0 aliphatic heterocycles. The molecule has 0 aromatic carbocycles. The van der Waals surface area contributed by atoms with Gasteiger partial charge < -0.3 is 35.5 Å². The van der Waals surface area contributed by atoms with Gasteiger partial charge in [-0.2, -0.15) is 4.79 Å². The average Bonchev–Trinajstić information content (AvgIpc) is 1.99. The van der Waals surface area contributed by atoms with Gasteiger partial charge in [0.15, 0.2) is 0 Å². The number of allylic oxidation sites excluding steroid dienone is 2. The van der Waals surface area contributed by atoms with E-state index in [1.54, 1.807) is 26.0 Å². The summed E-state index contributed by atoms with van der Waals surface area (Å²) < 4.78 is 0. The van der Waals surface area contributed by atoms with Crippen LogP contribution >= 0.6 is 0 Å². The molecular formula is C8H10Cl2N2OZn. The maximum atomic E-state index is 9.39. The van der Waals surface area contributed by atoms with Crippen LogP contribution in [0.4, 0.5) is 0 Å². The fourth-order valence-electron chi connectivity index (χ4n) is 1.08. The predicted octanol–water partition coefficient (Wildman–Crippen LogP) is -5.07. The summed E-state index contributed by atoms with van der Waals surface area (Å²) in [5, 5.41) is 9.39. The molecule has 0 aromatic rings. The fourth-order valence-corrected chi connectivity index (χ4v) is 1.08. The summed E-state index contributed by atoms with van der Waals surface area (Å²) in [7, 11) is 0. The molecule has 1 rings (SSSR count). The molecule has 3 nitrogen and oxygen atoms in total. The van der Waals surface area contributed by atoms with E-state index < -0.39 is 6.10 Å². The molecule has 0 saturated carbocycles. The monoisotopic (exact) mass is 284 g/mol. The van der Waals surface area contributed by atoms with Gasteiger partial charge in [-0.3, -0.25) is 0 Å². The van der Waals surface area contributed by atoms with Gasteiger partial charge in [0.25, 0.3) is 0 Å². The Morgan fingerprint density at radius 3 is 1.86 bits per heavy atom. The summed E-state index contributed by atoms with van der Waals surface area (Å²) in [4.78, 5) is 3.04. The van der Waals surface area contributed by atoms with E-state index in [0.29, 0.717) is 5.71 Å². The molecule has 0 atom stereocenters. The van der Waals surface area contributed by atoms with E-state index in [1.807, 2.05) is 0 Å². The van der Waals surface area contributed by atoms with Crippen molar-refractivity contribution in [2.75, 3.05) is 0 Å². The molecule has 0 radical (unpaired) electrons. The summed E-state index contributed by atoms with van der Waals surface area (Å²) >= 11 is 0. The second-order valence-corrected chi connectivity index (χ2v) is 2.70. The van der Waals surface area contributed by atoms with E-state index in [9.17, 15) is 5.11 Å². The number of aliphatic hydroxyl groups excluding tert-OH is 1. The second-order valence-electron chi connectivity index (χ2n) is 2.70. The van der Waals surface area contributed by atoms with E-state index >= 15 is 0 Å².